The third-order valence-corrected chi connectivity index (χ3v) is 6.77. The molecule has 0 saturated carbocycles. The Morgan fingerprint density at radius 1 is 1.09 bits per heavy atom. The summed E-state index contributed by atoms with van der Waals surface area (Å²) in [6.07, 6.45) is 3.77. The first-order valence-corrected chi connectivity index (χ1v) is 11.6. The maximum atomic E-state index is 13.0. The predicted molar refractivity (Wildman–Crippen MR) is 128 cm³/mol. The number of rotatable bonds is 6. The zero-order valence-electron chi connectivity index (χ0n) is 19.6. The molecule has 0 aliphatic carbocycles. The fraction of sp³-hybridized carbons (Fsp3) is 0.423. The highest BCUT2D eigenvalue weighted by Crippen LogP contribution is 2.29. The first-order chi connectivity index (χ1) is 15.8. The van der Waals surface area contributed by atoms with Gasteiger partial charge in [0.25, 0.3) is 5.91 Å². The Morgan fingerprint density at radius 2 is 1.79 bits per heavy atom. The van der Waals surface area contributed by atoms with Crippen LogP contribution in [0.25, 0.3) is 0 Å². The van der Waals surface area contributed by atoms with E-state index < -0.39 is 23.4 Å². The Bertz CT molecular complexity index is 1030. The second-order valence-electron chi connectivity index (χ2n) is 9.37. The number of nitrogens with one attached hydrogen (secondary N) is 2. The van der Waals surface area contributed by atoms with E-state index in [9.17, 15) is 14.4 Å². The van der Waals surface area contributed by atoms with Gasteiger partial charge in [-0.05, 0) is 63.4 Å². The van der Waals surface area contributed by atoms with Crippen molar-refractivity contribution in [3.8, 4) is 0 Å². The number of aryl methyl sites for hydroxylation is 1. The van der Waals surface area contributed by atoms with Crippen molar-refractivity contribution >= 4 is 23.5 Å². The van der Waals surface area contributed by atoms with E-state index in [2.05, 4.69) is 22.5 Å². The van der Waals surface area contributed by atoms with E-state index in [1.807, 2.05) is 55.5 Å². The largest absolute Gasteiger partial charge is 0.325 e. The highest BCUT2D eigenvalue weighted by atomic mass is 16.2. The van der Waals surface area contributed by atoms with Crippen LogP contribution in [0.1, 0.15) is 49.8 Å². The van der Waals surface area contributed by atoms with Gasteiger partial charge in [-0.3, -0.25) is 19.4 Å². The third kappa shape index (κ3) is 4.93. The number of hydrogen-bond donors (Lipinski definition) is 2. The smallest absolute Gasteiger partial charge is 0.325 e. The predicted octanol–water partition coefficient (Wildman–Crippen LogP) is 3.78. The molecule has 33 heavy (non-hydrogen) atoms. The summed E-state index contributed by atoms with van der Waals surface area (Å²) in [5.74, 6) is -0.846. The lowest BCUT2D eigenvalue weighted by molar-refractivity contribution is -0.133. The van der Waals surface area contributed by atoms with Crippen molar-refractivity contribution in [2.45, 2.75) is 58.2 Å². The summed E-state index contributed by atoms with van der Waals surface area (Å²) in [6, 6.07) is 15.2. The number of anilines is 1. The van der Waals surface area contributed by atoms with E-state index >= 15 is 0 Å². The maximum absolute atomic E-state index is 13.0. The molecule has 0 bridgehead atoms. The van der Waals surface area contributed by atoms with E-state index in [4.69, 9.17) is 0 Å². The van der Waals surface area contributed by atoms with Crippen LogP contribution >= 0.6 is 0 Å². The number of imide groups is 1. The van der Waals surface area contributed by atoms with Crippen LogP contribution in [0.15, 0.2) is 48.5 Å². The first-order valence-electron chi connectivity index (χ1n) is 11.6. The highest BCUT2D eigenvalue weighted by molar-refractivity contribution is 6.10. The average molecular weight is 449 g/mol. The molecule has 4 rings (SSSR count). The highest BCUT2D eigenvalue weighted by Gasteiger charge is 2.49. The van der Waals surface area contributed by atoms with Gasteiger partial charge in [-0.1, -0.05) is 48.4 Å². The molecule has 2 N–H and O–H groups in total. The number of likely N-dealkylation sites (tertiary alicyclic amines) is 1. The average Bonchev–Trinajstić information content (AvgIpc) is 3.01. The molecular formula is C26H32N4O3. The number of carbonyl (C=O) groups excluding carboxylic acids is 3. The summed E-state index contributed by atoms with van der Waals surface area (Å²) in [4.78, 5) is 41.6. The van der Waals surface area contributed by atoms with Crippen LogP contribution in [-0.2, 0) is 21.7 Å². The van der Waals surface area contributed by atoms with Gasteiger partial charge in [-0.25, -0.2) is 4.79 Å². The van der Waals surface area contributed by atoms with Crippen LogP contribution < -0.4 is 10.6 Å². The zero-order chi connectivity index (χ0) is 23.6. The molecule has 2 unspecified atom stereocenters. The summed E-state index contributed by atoms with van der Waals surface area (Å²) < 4.78 is 0. The molecule has 2 atom stereocenters. The SMILES string of the molecule is Cc1ccc(C2(C)NC(=O)N(CC(=O)Nc3ccc(CN4CCCCC4C)cc3)C2=O)cc1. The Labute approximate surface area is 195 Å². The normalized spacial score (nSPS) is 23.5. The van der Waals surface area contributed by atoms with Crippen LogP contribution in [-0.4, -0.2) is 46.8 Å². The van der Waals surface area contributed by atoms with Crippen molar-refractivity contribution < 1.29 is 14.4 Å². The summed E-state index contributed by atoms with van der Waals surface area (Å²) in [5.41, 5.74) is 2.41. The fourth-order valence-electron chi connectivity index (χ4n) is 4.59. The van der Waals surface area contributed by atoms with E-state index in [0.717, 1.165) is 23.6 Å². The molecule has 7 heteroatoms. The second kappa shape index (κ2) is 9.35. The van der Waals surface area contributed by atoms with Gasteiger partial charge in [-0.2, -0.15) is 0 Å². The van der Waals surface area contributed by atoms with Crippen LogP contribution in [0, 0.1) is 6.92 Å². The van der Waals surface area contributed by atoms with Gasteiger partial charge in [0.15, 0.2) is 0 Å². The van der Waals surface area contributed by atoms with Crippen molar-refractivity contribution in [2.75, 3.05) is 18.4 Å². The number of carbonyl (C=O) groups is 3. The minimum Gasteiger partial charge on any atom is -0.325 e. The maximum Gasteiger partial charge on any atom is 0.325 e. The Balaban J connectivity index is 1.36. The van der Waals surface area contributed by atoms with Gasteiger partial charge >= 0.3 is 6.03 Å². The lowest BCUT2D eigenvalue weighted by Crippen LogP contribution is -2.42. The molecule has 2 aromatic rings. The van der Waals surface area contributed by atoms with E-state index in [1.54, 1.807) is 6.92 Å². The molecular weight excluding hydrogens is 416 g/mol. The quantitative estimate of drug-likeness (QED) is 0.659. The van der Waals surface area contributed by atoms with Gasteiger partial charge < -0.3 is 10.6 Å². The molecule has 2 aliphatic rings. The van der Waals surface area contributed by atoms with E-state index in [0.29, 0.717) is 17.3 Å². The number of piperidine rings is 1. The number of urea groups is 1. The van der Waals surface area contributed by atoms with E-state index in [-0.39, 0.29) is 6.54 Å². The monoisotopic (exact) mass is 448 g/mol. The lowest BCUT2D eigenvalue weighted by Gasteiger charge is -2.33. The third-order valence-electron chi connectivity index (χ3n) is 6.77. The lowest BCUT2D eigenvalue weighted by atomic mass is 9.91. The molecule has 7 nitrogen and oxygen atoms in total. The zero-order valence-corrected chi connectivity index (χ0v) is 19.6. The number of amides is 4. The summed E-state index contributed by atoms with van der Waals surface area (Å²) >= 11 is 0. The number of nitrogens with zero attached hydrogens (tertiary/aromatic N) is 2. The van der Waals surface area contributed by atoms with E-state index in [1.165, 1.54) is 24.8 Å². The van der Waals surface area contributed by atoms with Crippen molar-refractivity contribution in [1.82, 2.24) is 15.1 Å². The summed E-state index contributed by atoms with van der Waals surface area (Å²) in [6.45, 7) is 7.57. The molecule has 4 amide bonds. The molecule has 2 saturated heterocycles. The van der Waals surface area contributed by atoms with Gasteiger partial charge in [0.1, 0.15) is 12.1 Å². The van der Waals surface area contributed by atoms with Crippen molar-refractivity contribution in [2.24, 2.45) is 0 Å². The summed E-state index contributed by atoms with van der Waals surface area (Å²) in [5, 5.41) is 5.54. The molecule has 2 fully saturated rings. The van der Waals surface area contributed by atoms with Gasteiger partial charge in [0, 0.05) is 18.3 Å². The molecule has 2 aliphatic heterocycles. The van der Waals surface area contributed by atoms with Crippen molar-refractivity contribution in [1.29, 1.82) is 0 Å². The minimum atomic E-state index is -1.18. The second-order valence-corrected chi connectivity index (χ2v) is 9.37. The molecule has 0 spiro atoms. The van der Waals surface area contributed by atoms with Crippen molar-refractivity contribution in [3.63, 3.8) is 0 Å². The Kier molecular flexibility index (Phi) is 6.51. The topological polar surface area (TPSA) is 81.8 Å². The van der Waals surface area contributed by atoms with Crippen LogP contribution in [0.3, 0.4) is 0 Å². The van der Waals surface area contributed by atoms with Gasteiger partial charge in [0.2, 0.25) is 5.91 Å². The fourth-order valence-corrected chi connectivity index (χ4v) is 4.59. The Hall–Kier alpha value is -3.19. The van der Waals surface area contributed by atoms with Crippen LogP contribution in [0.5, 0.6) is 0 Å². The standard InChI is InChI=1S/C26H32N4O3/c1-18-7-11-21(12-8-18)26(3)24(32)30(25(33)28-26)17-23(31)27-22-13-9-20(10-14-22)16-29-15-5-4-6-19(29)2/h7-14,19H,4-6,15-17H2,1-3H3,(H,27,31)(H,28,33). The number of benzene rings is 2. The summed E-state index contributed by atoms with van der Waals surface area (Å²) in [7, 11) is 0. The van der Waals surface area contributed by atoms with Crippen LogP contribution in [0.2, 0.25) is 0 Å². The number of hydrogen-bond acceptors (Lipinski definition) is 4. The first kappa shape index (κ1) is 23.0. The molecule has 0 aromatic heterocycles. The molecule has 2 aromatic carbocycles. The molecule has 0 radical (unpaired) electrons. The van der Waals surface area contributed by atoms with Gasteiger partial charge in [-0.15, -0.1) is 0 Å². The molecule has 2 heterocycles. The minimum absolute atomic E-state index is 0.334. The van der Waals surface area contributed by atoms with Crippen molar-refractivity contribution in [3.05, 3.63) is 65.2 Å². The molecule has 174 valence electrons. The Morgan fingerprint density at radius 3 is 2.45 bits per heavy atom. The van der Waals surface area contributed by atoms with Gasteiger partial charge in [0.05, 0.1) is 0 Å². The van der Waals surface area contributed by atoms with Crippen LogP contribution in [0.4, 0.5) is 10.5 Å².